The van der Waals surface area contributed by atoms with Gasteiger partial charge in [0.1, 0.15) is 5.82 Å². The molecule has 0 saturated heterocycles. The summed E-state index contributed by atoms with van der Waals surface area (Å²) in [4.78, 5) is 19.2. The normalized spacial score (nSPS) is 26.1. The molecule has 0 aromatic carbocycles. The van der Waals surface area contributed by atoms with Gasteiger partial charge in [-0.15, -0.1) is 0 Å². The van der Waals surface area contributed by atoms with Gasteiger partial charge in [0, 0.05) is 0 Å². The zero-order valence-electron chi connectivity index (χ0n) is 8.25. The van der Waals surface area contributed by atoms with Gasteiger partial charge in [-0.25, -0.2) is 9.98 Å². The van der Waals surface area contributed by atoms with Crippen LogP contribution in [0.1, 0.15) is 16.7 Å². The zero-order valence-corrected chi connectivity index (χ0v) is 8.25. The van der Waals surface area contributed by atoms with Crippen molar-refractivity contribution in [3.63, 3.8) is 0 Å². The standard InChI is InChI=1S/C8H10N6O2/c9-5(15)4-7-11-1-3-6(13-8(10)16-3)14(7)2-12-4/h2-3,6,11H,1H2,(H2,9,15)(H2,10,13). The lowest BCUT2D eigenvalue weighted by Crippen LogP contribution is -2.35. The summed E-state index contributed by atoms with van der Waals surface area (Å²) < 4.78 is 6.99. The molecule has 0 bridgehead atoms. The molecule has 0 radical (unpaired) electrons. The van der Waals surface area contributed by atoms with E-state index in [1.807, 2.05) is 0 Å². The van der Waals surface area contributed by atoms with Crippen molar-refractivity contribution in [3.8, 4) is 0 Å². The van der Waals surface area contributed by atoms with E-state index in [0.29, 0.717) is 12.4 Å². The van der Waals surface area contributed by atoms with Crippen molar-refractivity contribution in [1.82, 2.24) is 9.55 Å². The third-order valence-corrected chi connectivity index (χ3v) is 2.65. The Morgan fingerprint density at radius 2 is 2.50 bits per heavy atom. The van der Waals surface area contributed by atoms with Gasteiger partial charge in [-0.2, -0.15) is 0 Å². The van der Waals surface area contributed by atoms with Crippen LogP contribution >= 0.6 is 0 Å². The van der Waals surface area contributed by atoms with E-state index in [2.05, 4.69) is 15.3 Å². The van der Waals surface area contributed by atoms with Crippen LogP contribution in [0.25, 0.3) is 0 Å². The third kappa shape index (κ3) is 1.06. The van der Waals surface area contributed by atoms with E-state index in [1.54, 1.807) is 4.57 Å². The molecule has 1 amide bonds. The number of primary amides is 1. The Morgan fingerprint density at radius 1 is 1.69 bits per heavy atom. The van der Waals surface area contributed by atoms with Crippen LogP contribution in [0, 0.1) is 0 Å². The molecule has 5 N–H and O–H groups in total. The summed E-state index contributed by atoms with van der Waals surface area (Å²) in [5.41, 5.74) is 10.9. The third-order valence-electron chi connectivity index (χ3n) is 2.65. The van der Waals surface area contributed by atoms with Crippen LogP contribution in [0.5, 0.6) is 0 Å². The predicted octanol–water partition coefficient (Wildman–Crippen LogP) is -1.38. The van der Waals surface area contributed by atoms with Gasteiger partial charge in [0.2, 0.25) is 0 Å². The molecule has 16 heavy (non-hydrogen) atoms. The van der Waals surface area contributed by atoms with E-state index in [9.17, 15) is 4.79 Å². The molecule has 0 fully saturated rings. The smallest absolute Gasteiger partial charge is 0.284 e. The molecule has 2 aliphatic heterocycles. The van der Waals surface area contributed by atoms with Crippen LogP contribution in [0.15, 0.2) is 11.3 Å². The first-order valence-electron chi connectivity index (χ1n) is 4.77. The minimum Gasteiger partial charge on any atom is -0.456 e. The fraction of sp³-hybridized carbons (Fsp3) is 0.375. The van der Waals surface area contributed by atoms with Crippen molar-refractivity contribution in [2.75, 3.05) is 11.9 Å². The Balaban J connectivity index is 2.07. The molecular weight excluding hydrogens is 212 g/mol. The molecule has 0 saturated carbocycles. The minimum atomic E-state index is -0.574. The maximum atomic E-state index is 11.1. The zero-order chi connectivity index (χ0) is 11.3. The number of amides is 1. The van der Waals surface area contributed by atoms with E-state index < -0.39 is 5.91 Å². The number of ether oxygens (including phenoxy) is 1. The summed E-state index contributed by atoms with van der Waals surface area (Å²) in [7, 11) is 0. The second kappa shape index (κ2) is 2.87. The fourth-order valence-corrected chi connectivity index (χ4v) is 1.96. The lowest BCUT2D eigenvalue weighted by atomic mass is 10.2. The van der Waals surface area contributed by atoms with Gasteiger partial charge < -0.3 is 21.5 Å². The van der Waals surface area contributed by atoms with Crippen molar-refractivity contribution in [3.05, 3.63) is 12.0 Å². The Kier molecular flexibility index (Phi) is 1.62. The Labute approximate surface area is 90.3 Å². The van der Waals surface area contributed by atoms with Crippen molar-refractivity contribution >= 4 is 17.7 Å². The molecule has 1 aromatic heterocycles. The number of nitrogens with one attached hydrogen (secondary N) is 1. The minimum absolute atomic E-state index is 0.152. The maximum Gasteiger partial charge on any atom is 0.284 e. The van der Waals surface area contributed by atoms with Crippen LogP contribution in [0.4, 0.5) is 5.82 Å². The molecule has 0 aliphatic carbocycles. The molecular formula is C8H10N6O2. The highest BCUT2D eigenvalue weighted by molar-refractivity contribution is 5.96. The van der Waals surface area contributed by atoms with Crippen molar-refractivity contribution in [2.24, 2.45) is 16.5 Å². The molecule has 84 valence electrons. The predicted molar refractivity (Wildman–Crippen MR) is 54.8 cm³/mol. The number of imidazole rings is 1. The fourth-order valence-electron chi connectivity index (χ4n) is 1.96. The highest BCUT2D eigenvalue weighted by atomic mass is 16.5. The summed E-state index contributed by atoms with van der Waals surface area (Å²) in [5.74, 6) is -0.00799. The highest BCUT2D eigenvalue weighted by Gasteiger charge is 2.37. The van der Waals surface area contributed by atoms with Crippen LogP contribution in [-0.4, -0.2) is 34.1 Å². The lowest BCUT2D eigenvalue weighted by molar-refractivity contribution is 0.0996. The molecule has 2 unspecified atom stereocenters. The monoisotopic (exact) mass is 222 g/mol. The molecule has 1 aromatic rings. The molecule has 2 atom stereocenters. The Morgan fingerprint density at radius 3 is 3.25 bits per heavy atom. The number of hydrogen-bond donors (Lipinski definition) is 3. The van der Waals surface area contributed by atoms with Gasteiger partial charge in [0.25, 0.3) is 11.9 Å². The van der Waals surface area contributed by atoms with Gasteiger partial charge in [0.15, 0.2) is 18.0 Å². The summed E-state index contributed by atoms with van der Waals surface area (Å²) in [6, 6.07) is 0.152. The second-order valence-electron chi connectivity index (χ2n) is 3.63. The number of rotatable bonds is 1. The Bertz CT molecular complexity index is 493. The molecule has 8 nitrogen and oxygen atoms in total. The first-order chi connectivity index (χ1) is 7.66. The molecule has 2 aliphatic rings. The second-order valence-corrected chi connectivity index (χ2v) is 3.63. The number of nitrogens with two attached hydrogens (primary N) is 2. The van der Waals surface area contributed by atoms with Crippen LogP contribution in [0.2, 0.25) is 0 Å². The number of hydrogen-bond acceptors (Lipinski definition) is 6. The first kappa shape index (κ1) is 9.01. The van der Waals surface area contributed by atoms with Crippen molar-refractivity contribution in [1.29, 1.82) is 0 Å². The summed E-state index contributed by atoms with van der Waals surface area (Å²) >= 11 is 0. The van der Waals surface area contributed by atoms with Gasteiger partial charge >= 0.3 is 0 Å². The van der Waals surface area contributed by atoms with E-state index in [0.717, 1.165) is 0 Å². The number of amidine groups is 1. The topological polar surface area (TPSA) is 121 Å². The summed E-state index contributed by atoms with van der Waals surface area (Å²) in [6.07, 6.45) is 1.07. The number of aromatic nitrogens is 2. The maximum absolute atomic E-state index is 11.1. The number of carbonyl (C=O) groups is 1. The van der Waals surface area contributed by atoms with E-state index in [1.165, 1.54) is 6.33 Å². The van der Waals surface area contributed by atoms with Crippen molar-refractivity contribution in [2.45, 2.75) is 12.3 Å². The van der Waals surface area contributed by atoms with Crippen LogP contribution < -0.4 is 16.8 Å². The highest BCUT2D eigenvalue weighted by Crippen LogP contribution is 2.31. The molecule has 8 heteroatoms. The number of aliphatic imine (C=N–C) groups is 1. The van der Waals surface area contributed by atoms with E-state index in [-0.39, 0.29) is 24.0 Å². The molecule has 3 heterocycles. The number of anilines is 1. The van der Waals surface area contributed by atoms with Crippen LogP contribution in [-0.2, 0) is 4.74 Å². The average molecular weight is 222 g/mol. The van der Waals surface area contributed by atoms with Crippen molar-refractivity contribution < 1.29 is 9.53 Å². The van der Waals surface area contributed by atoms with Crippen LogP contribution in [0.3, 0.4) is 0 Å². The molecule has 3 rings (SSSR count). The van der Waals surface area contributed by atoms with Gasteiger partial charge in [-0.3, -0.25) is 9.36 Å². The Hall–Kier alpha value is -2.25. The van der Waals surface area contributed by atoms with Gasteiger partial charge in [0.05, 0.1) is 12.9 Å². The van der Waals surface area contributed by atoms with E-state index >= 15 is 0 Å². The lowest BCUT2D eigenvalue weighted by Gasteiger charge is -2.26. The van der Waals surface area contributed by atoms with Gasteiger partial charge in [-0.05, 0) is 0 Å². The van der Waals surface area contributed by atoms with Gasteiger partial charge in [-0.1, -0.05) is 0 Å². The quantitative estimate of drug-likeness (QED) is 0.540. The average Bonchev–Trinajstić information content (AvgIpc) is 2.77. The number of nitrogens with zero attached hydrogens (tertiary/aromatic N) is 3. The first-order valence-corrected chi connectivity index (χ1v) is 4.77. The number of fused-ring (bicyclic) bond motifs is 3. The number of carbonyl (C=O) groups excluding carboxylic acids is 1. The largest absolute Gasteiger partial charge is 0.456 e. The summed E-state index contributed by atoms with van der Waals surface area (Å²) in [5, 5.41) is 3.03. The molecule has 0 spiro atoms. The SMILES string of the molecule is NC(=O)c1ncn2c1NCC1OC(N)=NC12. The summed E-state index contributed by atoms with van der Waals surface area (Å²) in [6.45, 7) is 0.515. The van der Waals surface area contributed by atoms with E-state index in [4.69, 9.17) is 16.2 Å².